The van der Waals surface area contributed by atoms with Crippen LogP contribution in [0.25, 0.3) is 0 Å². The monoisotopic (exact) mass is 203 g/mol. The summed E-state index contributed by atoms with van der Waals surface area (Å²) in [6, 6.07) is 0. The third kappa shape index (κ3) is 2.45. The first kappa shape index (κ1) is 10.1. The first-order valence-corrected chi connectivity index (χ1v) is 4.38. The normalized spacial score (nSPS) is 19.7. The number of ether oxygens (including phenoxy) is 1. The number of esters is 1. The van der Waals surface area contributed by atoms with E-state index in [0.29, 0.717) is 18.5 Å². The Hall–Kier alpha value is -1.03. The molecule has 1 N–H and O–H groups in total. The van der Waals surface area contributed by atoms with Gasteiger partial charge in [0.1, 0.15) is 5.03 Å². The number of halogens is 1. The molecule has 1 aliphatic heterocycles. The van der Waals surface area contributed by atoms with Gasteiger partial charge >= 0.3 is 5.97 Å². The smallest absolute Gasteiger partial charge is 0.351 e. The van der Waals surface area contributed by atoms with Crippen LogP contribution >= 0.6 is 11.6 Å². The highest BCUT2D eigenvalue weighted by molar-refractivity contribution is 6.41. The molecule has 0 aromatic rings. The van der Waals surface area contributed by atoms with Crippen LogP contribution in [-0.4, -0.2) is 18.5 Å². The summed E-state index contributed by atoms with van der Waals surface area (Å²) in [4.78, 5) is 21.9. The fraction of sp³-hybridized carbons (Fsp3) is 0.500. The molecule has 1 saturated heterocycles. The van der Waals surface area contributed by atoms with Crippen molar-refractivity contribution in [3.05, 3.63) is 10.7 Å². The van der Waals surface area contributed by atoms with Crippen molar-refractivity contribution in [2.24, 2.45) is 0 Å². The largest absolute Gasteiger partial charge is 0.462 e. The molecule has 0 spiro atoms. The standard InChI is InChI=1S/C8H10ClNO3/c1-2-13-8(12)7(9)5-3-4-6(11)10-5/h2-4H2,1H3,(H,10,11)/b7-5+. The molecule has 4 nitrogen and oxygen atoms in total. The van der Waals surface area contributed by atoms with Crippen LogP contribution in [-0.2, 0) is 14.3 Å². The van der Waals surface area contributed by atoms with Crippen molar-refractivity contribution in [2.45, 2.75) is 19.8 Å². The molecule has 0 bridgehead atoms. The molecule has 0 unspecified atom stereocenters. The van der Waals surface area contributed by atoms with Crippen LogP contribution in [0.2, 0.25) is 0 Å². The van der Waals surface area contributed by atoms with Crippen LogP contribution in [0.1, 0.15) is 19.8 Å². The highest BCUT2D eigenvalue weighted by Gasteiger charge is 2.21. The third-order valence-electron chi connectivity index (χ3n) is 1.61. The average molecular weight is 204 g/mol. The zero-order valence-electron chi connectivity index (χ0n) is 7.22. The quantitative estimate of drug-likeness (QED) is 0.536. The van der Waals surface area contributed by atoms with E-state index >= 15 is 0 Å². The molecule has 1 aliphatic rings. The molecule has 13 heavy (non-hydrogen) atoms. The number of carbonyl (C=O) groups is 2. The third-order valence-corrected chi connectivity index (χ3v) is 1.99. The van der Waals surface area contributed by atoms with Gasteiger partial charge in [-0.2, -0.15) is 0 Å². The first-order chi connectivity index (χ1) is 6.15. The molecular weight excluding hydrogens is 194 g/mol. The molecule has 1 amide bonds. The van der Waals surface area contributed by atoms with E-state index in [1.54, 1.807) is 6.92 Å². The zero-order chi connectivity index (χ0) is 9.84. The summed E-state index contributed by atoms with van der Waals surface area (Å²) in [5.41, 5.74) is 0.463. The molecule has 0 aromatic heterocycles. The molecule has 0 aliphatic carbocycles. The van der Waals surface area contributed by atoms with E-state index in [0.717, 1.165) is 0 Å². The maximum absolute atomic E-state index is 11.1. The Labute approximate surface area is 80.9 Å². The van der Waals surface area contributed by atoms with Crippen LogP contribution in [0.3, 0.4) is 0 Å². The van der Waals surface area contributed by atoms with Crippen molar-refractivity contribution in [3.8, 4) is 0 Å². The van der Waals surface area contributed by atoms with Crippen molar-refractivity contribution in [2.75, 3.05) is 6.61 Å². The summed E-state index contributed by atoms with van der Waals surface area (Å²) in [5, 5.41) is 2.48. The minimum atomic E-state index is -0.582. The molecule has 1 fully saturated rings. The van der Waals surface area contributed by atoms with Crippen LogP contribution in [0.15, 0.2) is 10.7 Å². The Bertz CT molecular complexity index is 273. The molecule has 1 rings (SSSR count). The number of nitrogens with one attached hydrogen (secondary N) is 1. The Morgan fingerprint density at radius 1 is 1.62 bits per heavy atom. The molecule has 72 valence electrons. The fourth-order valence-corrected chi connectivity index (χ4v) is 1.21. The molecule has 1 heterocycles. The molecule has 0 aromatic carbocycles. The predicted molar refractivity (Wildman–Crippen MR) is 46.9 cm³/mol. The van der Waals surface area contributed by atoms with Crippen molar-refractivity contribution in [1.82, 2.24) is 5.32 Å². The van der Waals surface area contributed by atoms with E-state index in [1.165, 1.54) is 0 Å². The number of allylic oxidation sites excluding steroid dienone is 1. The highest BCUT2D eigenvalue weighted by atomic mass is 35.5. The Balaban J connectivity index is 2.68. The van der Waals surface area contributed by atoms with Crippen LogP contribution in [0, 0.1) is 0 Å². The number of amides is 1. The van der Waals surface area contributed by atoms with Crippen molar-refractivity contribution >= 4 is 23.5 Å². The van der Waals surface area contributed by atoms with E-state index in [9.17, 15) is 9.59 Å². The van der Waals surface area contributed by atoms with Gasteiger partial charge in [-0.1, -0.05) is 11.6 Å². The minimum absolute atomic E-state index is 0.0206. The molecule has 5 heteroatoms. The summed E-state index contributed by atoms with van der Waals surface area (Å²) in [6.45, 7) is 1.97. The van der Waals surface area contributed by atoms with Crippen LogP contribution in [0.4, 0.5) is 0 Å². The van der Waals surface area contributed by atoms with Crippen molar-refractivity contribution in [1.29, 1.82) is 0 Å². The van der Waals surface area contributed by atoms with Gasteiger partial charge in [0.05, 0.1) is 6.61 Å². The second kappa shape index (κ2) is 4.28. The SMILES string of the molecule is CCOC(=O)/C(Cl)=C1/CCC(=O)N1. The topological polar surface area (TPSA) is 55.4 Å². The van der Waals surface area contributed by atoms with Crippen LogP contribution in [0.5, 0.6) is 0 Å². The fourth-order valence-electron chi connectivity index (χ4n) is 1.01. The van der Waals surface area contributed by atoms with Gasteiger partial charge in [0.15, 0.2) is 0 Å². The Morgan fingerprint density at radius 2 is 2.31 bits per heavy atom. The highest BCUT2D eigenvalue weighted by Crippen LogP contribution is 2.18. The van der Waals surface area contributed by atoms with Gasteiger partial charge < -0.3 is 10.1 Å². The second-order valence-electron chi connectivity index (χ2n) is 2.56. The van der Waals surface area contributed by atoms with Gasteiger partial charge in [-0.15, -0.1) is 0 Å². The van der Waals surface area contributed by atoms with Crippen molar-refractivity contribution < 1.29 is 14.3 Å². The zero-order valence-corrected chi connectivity index (χ0v) is 7.98. The lowest BCUT2D eigenvalue weighted by Crippen LogP contribution is -2.16. The van der Waals surface area contributed by atoms with Gasteiger partial charge in [-0.25, -0.2) is 4.79 Å². The molecule has 0 atom stereocenters. The van der Waals surface area contributed by atoms with Gasteiger partial charge in [0, 0.05) is 12.1 Å². The summed E-state index contributed by atoms with van der Waals surface area (Å²) in [5.74, 6) is -0.696. The lowest BCUT2D eigenvalue weighted by Gasteiger charge is -2.02. The number of carbonyl (C=O) groups excluding carboxylic acids is 2. The van der Waals surface area contributed by atoms with E-state index in [-0.39, 0.29) is 17.5 Å². The van der Waals surface area contributed by atoms with E-state index in [4.69, 9.17) is 11.6 Å². The lowest BCUT2D eigenvalue weighted by atomic mass is 10.3. The van der Waals surface area contributed by atoms with Gasteiger partial charge in [-0.3, -0.25) is 4.79 Å². The number of hydrogen-bond donors (Lipinski definition) is 1. The summed E-state index contributed by atoms with van der Waals surface area (Å²) in [6.07, 6.45) is 0.863. The number of rotatable bonds is 2. The van der Waals surface area contributed by atoms with E-state index in [1.807, 2.05) is 0 Å². The average Bonchev–Trinajstić information content (AvgIpc) is 2.51. The predicted octanol–water partition coefficient (Wildman–Crippen LogP) is 0.910. The molecular formula is C8H10ClNO3. The summed E-state index contributed by atoms with van der Waals surface area (Å²) >= 11 is 5.67. The van der Waals surface area contributed by atoms with Crippen molar-refractivity contribution in [3.63, 3.8) is 0 Å². The minimum Gasteiger partial charge on any atom is -0.462 e. The lowest BCUT2D eigenvalue weighted by molar-refractivity contribution is -0.137. The van der Waals surface area contributed by atoms with Gasteiger partial charge in [-0.05, 0) is 13.3 Å². The Kier molecular flexibility index (Phi) is 3.31. The summed E-state index contributed by atoms with van der Waals surface area (Å²) in [7, 11) is 0. The van der Waals surface area contributed by atoms with Crippen LogP contribution < -0.4 is 5.32 Å². The van der Waals surface area contributed by atoms with Gasteiger partial charge in [0.25, 0.3) is 0 Å². The summed E-state index contributed by atoms with van der Waals surface area (Å²) < 4.78 is 4.67. The maximum Gasteiger partial charge on any atom is 0.351 e. The maximum atomic E-state index is 11.1. The van der Waals surface area contributed by atoms with Gasteiger partial charge in [0.2, 0.25) is 5.91 Å². The Morgan fingerprint density at radius 3 is 2.77 bits per heavy atom. The first-order valence-electron chi connectivity index (χ1n) is 4.00. The number of hydrogen-bond acceptors (Lipinski definition) is 3. The van der Waals surface area contributed by atoms with E-state index < -0.39 is 5.97 Å². The second-order valence-corrected chi connectivity index (χ2v) is 2.94. The molecule has 0 saturated carbocycles. The van der Waals surface area contributed by atoms with E-state index in [2.05, 4.69) is 10.1 Å². The molecule has 0 radical (unpaired) electrons.